The van der Waals surface area contributed by atoms with Gasteiger partial charge in [-0.3, -0.25) is 4.79 Å². The first-order valence-corrected chi connectivity index (χ1v) is 17.1. The Kier molecular flexibility index (Phi) is 12.8. The number of halogens is 3. The van der Waals surface area contributed by atoms with Crippen molar-refractivity contribution in [1.29, 1.82) is 0 Å². The Morgan fingerprint density at radius 1 is 0.765 bits per heavy atom. The highest BCUT2D eigenvalue weighted by Gasteiger charge is 2.32. The number of alkyl halides is 3. The Morgan fingerprint density at radius 2 is 1.41 bits per heavy atom. The number of rotatable bonds is 17. The number of aromatic nitrogens is 2. The minimum Gasteiger partial charge on any atom is -0.497 e. The number of carbonyl (C=O) groups excluding carboxylic acids is 1. The van der Waals surface area contributed by atoms with Crippen molar-refractivity contribution in [3.63, 3.8) is 0 Å². The molecule has 0 fully saturated rings. The highest BCUT2D eigenvalue weighted by atomic mass is 19.4. The second kappa shape index (κ2) is 17.4. The zero-order chi connectivity index (χ0) is 36.4. The van der Waals surface area contributed by atoms with Crippen LogP contribution in [0.5, 0.6) is 5.75 Å². The molecule has 268 valence electrons. The maximum Gasteiger partial charge on any atom is 0.416 e. The van der Waals surface area contributed by atoms with Crippen LogP contribution >= 0.6 is 0 Å². The number of methoxy groups -OCH3 is 1. The number of ketones is 1. The zero-order valence-corrected chi connectivity index (χ0v) is 29.3. The lowest BCUT2D eigenvalue weighted by Crippen LogP contribution is -2.10. The van der Waals surface area contributed by atoms with Crippen molar-refractivity contribution >= 4 is 5.78 Å². The molecule has 0 unspecified atom stereocenters. The van der Waals surface area contributed by atoms with Crippen molar-refractivity contribution in [3.8, 4) is 39.7 Å². The lowest BCUT2D eigenvalue weighted by molar-refractivity contribution is -0.137. The Morgan fingerprint density at radius 3 is 2.06 bits per heavy atom. The van der Waals surface area contributed by atoms with Gasteiger partial charge in [-0.25, -0.2) is 4.98 Å². The minimum absolute atomic E-state index is 0.0137. The van der Waals surface area contributed by atoms with Crippen molar-refractivity contribution in [3.05, 3.63) is 119 Å². The van der Waals surface area contributed by atoms with E-state index >= 15 is 0 Å². The largest absolute Gasteiger partial charge is 0.497 e. The number of carbonyl (C=O) groups is 1. The summed E-state index contributed by atoms with van der Waals surface area (Å²) >= 11 is 0. The van der Waals surface area contributed by atoms with E-state index in [4.69, 9.17) is 24.9 Å². The van der Waals surface area contributed by atoms with E-state index in [0.29, 0.717) is 86.3 Å². The van der Waals surface area contributed by atoms with Gasteiger partial charge in [0.15, 0.2) is 5.78 Å². The first kappa shape index (κ1) is 37.5. The molecule has 0 bridgehead atoms. The number of Topliss-reactive ketones (excluding diaryl/α,β-unsaturated/α-hetero) is 1. The predicted octanol–water partition coefficient (Wildman–Crippen LogP) is 8.92. The van der Waals surface area contributed by atoms with Crippen molar-refractivity contribution in [2.24, 2.45) is 5.73 Å². The second-order valence-electron chi connectivity index (χ2n) is 12.5. The summed E-state index contributed by atoms with van der Waals surface area (Å²) in [6.07, 6.45) is -2.80. The molecule has 0 radical (unpaired) electrons. The van der Waals surface area contributed by atoms with Gasteiger partial charge < -0.3 is 24.5 Å². The molecule has 51 heavy (non-hydrogen) atoms. The van der Waals surface area contributed by atoms with E-state index in [9.17, 15) is 18.0 Å². The first-order valence-electron chi connectivity index (χ1n) is 17.1. The average Bonchev–Trinajstić information content (AvgIpc) is 3.49. The second-order valence-corrected chi connectivity index (χ2v) is 12.5. The summed E-state index contributed by atoms with van der Waals surface area (Å²) in [4.78, 5) is 18.0. The Bertz CT molecular complexity index is 1880. The Balaban J connectivity index is 1.48. The fourth-order valence-corrected chi connectivity index (χ4v) is 5.87. The van der Waals surface area contributed by atoms with Gasteiger partial charge in [-0.1, -0.05) is 54.1 Å². The topological polar surface area (TPSA) is 88.6 Å². The van der Waals surface area contributed by atoms with E-state index in [1.165, 1.54) is 0 Å². The molecule has 7 nitrogen and oxygen atoms in total. The molecule has 0 atom stereocenters. The third-order valence-electron chi connectivity index (χ3n) is 8.47. The number of ether oxygens (including phenoxy) is 3. The van der Waals surface area contributed by atoms with Gasteiger partial charge in [-0.2, -0.15) is 13.2 Å². The highest BCUT2D eigenvalue weighted by molar-refractivity contribution is 5.96. The van der Waals surface area contributed by atoms with Crippen LogP contribution in [0.15, 0.2) is 91.0 Å². The van der Waals surface area contributed by atoms with Gasteiger partial charge >= 0.3 is 6.18 Å². The third kappa shape index (κ3) is 9.94. The molecule has 5 rings (SSSR count). The summed E-state index contributed by atoms with van der Waals surface area (Å²) < 4.78 is 60.5. The number of imidazole rings is 1. The third-order valence-corrected chi connectivity index (χ3v) is 8.47. The predicted molar refractivity (Wildman–Crippen MR) is 194 cm³/mol. The standard InChI is InChI=1S/C41H44F3N3O4/c1-28-7-11-32(12-8-28)38-39(33-15-17-36(49-3)18-16-33)47(40(46-38)34-24-29(2)25-35(26-34)41(42,43)44)27-30-9-13-31(14-10-30)37(48)6-4-20-50-21-5-22-51-23-19-45/h7-18,24-26H,4-6,19-23,27,45H2,1-3H3. The zero-order valence-electron chi connectivity index (χ0n) is 29.3. The van der Waals surface area contributed by atoms with Crippen LogP contribution in [-0.2, 0) is 22.2 Å². The monoisotopic (exact) mass is 699 g/mol. The van der Waals surface area contributed by atoms with E-state index in [1.54, 1.807) is 32.2 Å². The van der Waals surface area contributed by atoms with Crippen molar-refractivity contribution < 1.29 is 32.2 Å². The fraction of sp³-hybridized carbons (Fsp3) is 0.317. The van der Waals surface area contributed by atoms with Gasteiger partial charge in [0.2, 0.25) is 0 Å². The van der Waals surface area contributed by atoms with Crippen molar-refractivity contribution in [2.75, 3.05) is 40.1 Å². The molecule has 1 aromatic heterocycles. The summed E-state index contributed by atoms with van der Waals surface area (Å²) in [6, 6.07) is 26.9. The van der Waals surface area contributed by atoms with Crippen LogP contribution in [0.25, 0.3) is 33.9 Å². The molecular weight excluding hydrogens is 655 g/mol. The van der Waals surface area contributed by atoms with Gasteiger partial charge in [0, 0.05) is 61.6 Å². The number of benzene rings is 4. The van der Waals surface area contributed by atoms with Gasteiger partial charge in [0.25, 0.3) is 0 Å². The van der Waals surface area contributed by atoms with Gasteiger partial charge in [-0.15, -0.1) is 0 Å². The van der Waals surface area contributed by atoms with Gasteiger partial charge in [0.1, 0.15) is 11.6 Å². The van der Waals surface area contributed by atoms with Crippen molar-refractivity contribution in [2.45, 2.75) is 45.8 Å². The van der Waals surface area contributed by atoms with Gasteiger partial charge in [-0.05, 0) is 80.3 Å². The van der Waals surface area contributed by atoms with Crippen LogP contribution in [0, 0.1) is 13.8 Å². The van der Waals surface area contributed by atoms with Crippen LogP contribution in [0.4, 0.5) is 13.2 Å². The molecule has 0 spiro atoms. The molecule has 0 amide bonds. The summed E-state index contributed by atoms with van der Waals surface area (Å²) in [5.74, 6) is 1.09. The van der Waals surface area contributed by atoms with E-state index < -0.39 is 11.7 Å². The smallest absolute Gasteiger partial charge is 0.416 e. The lowest BCUT2D eigenvalue weighted by Gasteiger charge is -2.16. The quantitative estimate of drug-likeness (QED) is 0.0771. The SMILES string of the molecule is COc1ccc(-c2c(-c3ccc(C)cc3)nc(-c3cc(C)cc(C(F)(F)F)c3)n2Cc2ccc(C(=O)CCCOCCCOCCN)cc2)cc1. The van der Waals surface area contributed by atoms with E-state index in [2.05, 4.69) is 0 Å². The van der Waals surface area contributed by atoms with Crippen LogP contribution in [0.1, 0.15) is 51.9 Å². The molecular formula is C41H44F3N3O4. The van der Waals surface area contributed by atoms with E-state index in [-0.39, 0.29) is 5.78 Å². The normalized spacial score (nSPS) is 11.6. The number of nitrogens with zero attached hydrogens (tertiary/aromatic N) is 2. The average molecular weight is 700 g/mol. The molecule has 4 aromatic carbocycles. The number of aryl methyl sites for hydroxylation is 2. The van der Waals surface area contributed by atoms with Crippen LogP contribution in [-0.4, -0.2) is 55.4 Å². The fourth-order valence-electron chi connectivity index (χ4n) is 5.87. The summed E-state index contributed by atoms with van der Waals surface area (Å²) in [6.45, 7) is 6.61. The molecule has 0 aliphatic heterocycles. The van der Waals surface area contributed by atoms with E-state index in [1.807, 2.05) is 72.2 Å². The van der Waals surface area contributed by atoms with Gasteiger partial charge in [0.05, 0.1) is 30.7 Å². The van der Waals surface area contributed by atoms with Crippen LogP contribution in [0.3, 0.4) is 0 Å². The number of hydrogen-bond acceptors (Lipinski definition) is 6. The lowest BCUT2D eigenvalue weighted by atomic mass is 10.0. The molecule has 0 saturated carbocycles. The Labute approximate surface area is 297 Å². The van der Waals surface area contributed by atoms with E-state index in [0.717, 1.165) is 46.5 Å². The van der Waals surface area contributed by atoms with Crippen LogP contribution in [0.2, 0.25) is 0 Å². The summed E-state index contributed by atoms with van der Waals surface area (Å²) in [7, 11) is 1.59. The number of hydrogen-bond donors (Lipinski definition) is 1. The summed E-state index contributed by atoms with van der Waals surface area (Å²) in [5, 5.41) is 0. The molecule has 1 heterocycles. The number of nitrogens with two attached hydrogens (primary N) is 1. The summed E-state index contributed by atoms with van der Waals surface area (Å²) in [5.41, 5.74) is 11.1. The molecule has 0 saturated heterocycles. The maximum absolute atomic E-state index is 14.0. The highest BCUT2D eigenvalue weighted by Crippen LogP contribution is 2.39. The maximum atomic E-state index is 14.0. The molecule has 10 heteroatoms. The molecule has 2 N–H and O–H groups in total. The Hall–Kier alpha value is -4.77. The van der Waals surface area contributed by atoms with Crippen molar-refractivity contribution in [1.82, 2.24) is 9.55 Å². The van der Waals surface area contributed by atoms with Crippen LogP contribution < -0.4 is 10.5 Å². The minimum atomic E-state index is -4.52. The molecule has 0 aliphatic carbocycles. The molecule has 5 aromatic rings. The first-order chi connectivity index (χ1) is 24.6. The molecule has 0 aliphatic rings.